The monoisotopic (exact) mass is 331 g/mol. The molecule has 118 valence electrons. The minimum atomic E-state index is -3.20. The van der Waals surface area contributed by atoms with Crippen molar-refractivity contribution >= 4 is 21.6 Å². The third kappa shape index (κ3) is 4.87. The summed E-state index contributed by atoms with van der Waals surface area (Å²) in [5, 5.41) is 0. The first kappa shape index (κ1) is 16.6. The Bertz CT molecular complexity index is 541. The molecule has 0 bridgehead atoms. The molecule has 0 aliphatic heterocycles. The molecule has 4 nitrogen and oxygen atoms in total. The van der Waals surface area contributed by atoms with Gasteiger partial charge in [-0.25, -0.2) is 8.42 Å². The van der Waals surface area contributed by atoms with Gasteiger partial charge in [-0.05, 0) is 43.4 Å². The van der Waals surface area contributed by atoms with E-state index in [9.17, 15) is 8.42 Å². The smallest absolute Gasteiger partial charge is 0.214 e. The number of nitrogens with zero attached hydrogens (tertiary/aromatic N) is 1. The lowest BCUT2D eigenvalue weighted by Crippen LogP contribution is -2.34. The Morgan fingerprint density at radius 1 is 1.24 bits per heavy atom. The van der Waals surface area contributed by atoms with Crippen LogP contribution in [0.3, 0.4) is 0 Å². The van der Waals surface area contributed by atoms with Crippen LogP contribution in [-0.2, 0) is 16.6 Å². The summed E-state index contributed by atoms with van der Waals surface area (Å²) in [5.74, 6) is 1.48. The van der Waals surface area contributed by atoms with Crippen molar-refractivity contribution in [2.45, 2.75) is 38.3 Å². The lowest BCUT2D eigenvalue weighted by molar-refractivity contribution is 0.396. The Balaban J connectivity index is 2.04. The number of sulfonamides is 1. The Morgan fingerprint density at radius 2 is 1.90 bits per heavy atom. The Morgan fingerprint density at radius 3 is 2.43 bits per heavy atom. The molecule has 6 heteroatoms. The van der Waals surface area contributed by atoms with E-state index in [1.54, 1.807) is 11.4 Å². The van der Waals surface area contributed by atoms with E-state index in [2.05, 4.69) is 0 Å². The highest BCUT2D eigenvalue weighted by Crippen LogP contribution is 2.31. The van der Waals surface area contributed by atoms with Gasteiger partial charge in [0, 0.05) is 18.5 Å². The fourth-order valence-electron chi connectivity index (χ4n) is 2.22. The maximum Gasteiger partial charge on any atom is 0.214 e. The standard InChI is InChI=1S/C15H22ClNO3S/c1-20-15-8-4-13(5-9-15)12-17(14-6-7-14)21(18,19)11-3-2-10-16/h4-5,8-9,14H,2-3,6-7,10-12H2,1H3. The highest BCUT2D eigenvalue weighted by Gasteiger charge is 2.36. The molecule has 0 N–H and O–H groups in total. The van der Waals surface area contributed by atoms with Gasteiger partial charge in [0.05, 0.1) is 12.9 Å². The largest absolute Gasteiger partial charge is 0.497 e. The zero-order chi connectivity index (χ0) is 15.3. The molecular weight excluding hydrogens is 310 g/mol. The molecule has 0 heterocycles. The molecule has 0 atom stereocenters. The number of rotatable bonds is 9. The van der Waals surface area contributed by atoms with Crippen molar-refractivity contribution in [3.05, 3.63) is 29.8 Å². The first-order valence-corrected chi connectivity index (χ1v) is 9.39. The van der Waals surface area contributed by atoms with E-state index < -0.39 is 10.0 Å². The summed E-state index contributed by atoms with van der Waals surface area (Å²) in [6.45, 7) is 0.442. The molecule has 2 rings (SSSR count). The van der Waals surface area contributed by atoms with Gasteiger partial charge in [-0.2, -0.15) is 4.31 Å². The van der Waals surface area contributed by atoms with Crippen molar-refractivity contribution in [2.75, 3.05) is 18.7 Å². The molecule has 0 amide bonds. The Hall–Kier alpha value is -0.780. The van der Waals surface area contributed by atoms with Crippen LogP contribution >= 0.6 is 11.6 Å². The van der Waals surface area contributed by atoms with Crippen molar-refractivity contribution < 1.29 is 13.2 Å². The minimum absolute atomic E-state index is 0.174. The van der Waals surface area contributed by atoms with E-state index in [-0.39, 0.29) is 11.8 Å². The van der Waals surface area contributed by atoms with Gasteiger partial charge in [-0.15, -0.1) is 11.6 Å². The predicted octanol–water partition coefficient (Wildman–Crippen LogP) is 3.01. The Labute approximate surface area is 132 Å². The molecule has 1 aromatic rings. The summed E-state index contributed by atoms with van der Waals surface area (Å²) in [6.07, 6.45) is 3.29. The molecule has 0 radical (unpaired) electrons. The minimum Gasteiger partial charge on any atom is -0.497 e. The van der Waals surface area contributed by atoms with Crippen LogP contribution < -0.4 is 4.74 Å². The summed E-state index contributed by atoms with van der Waals surface area (Å²) >= 11 is 5.62. The average Bonchev–Trinajstić information content (AvgIpc) is 3.30. The van der Waals surface area contributed by atoms with Gasteiger partial charge < -0.3 is 4.74 Å². The number of alkyl halides is 1. The number of hydrogen-bond donors (Lipinski definition) is 0. The van der Waals surface area contributed by atoms with Gasteiger partial charge in [0.1, 0.15) is 5.75 Å². The van der Waals surface area contributed by atoms with Crippen LogP contribution in [0, 0.1) is 0 Å². The Kier molecular flexibility index (Phi) is 5.90. The van der Waals surface area contributed by atoms with E-state index in [0.29, 0.717) is 18.8 Å². The third-order valence-electron chi connectivity index (χ3n) is 3.59. The highest BCUT2D eigenvalue weighted by molar-refractivity contribution is 7.89. The van der Waals surface area contributed by atoms with Crippen LogP contribution in [0.2, 0.25) is 0 Å². The second-order valence-electron chi connectivity index (χ2n) is 5.34. The summed E-state index contributed by atoms with van der Waals surface area (Å²) in [6, 6.07) is 7.74. The van der Waals surface area contributed by atoms with Crippen LogP contribution in [0.5, 0.6) is 5.75 Å². The number of ether oxygens (including phenoxy) is 1. The number of halogens is 1. The molecule has 0 aromatic heterocycles. The molecular formula is C15H22ClNO3S. The zero-order valence-electron chi connectivity index (χ0n) is 12.3. The van der Waals surface area contributed by atoms with Gasteiger partial charge >= 0.3 is 0 Å². The van der Waals surface area contributed by atoms with Crippen LogP contribution in [0.4, 0.5) is 0 Å². The lowest BCUT2D eigenvalue weighted by Gasteiger charge is -2.22. The van der Waals surface area contributed by atoms with Gasteiger partial charge in [0.25, 0.3) is 0 Å². The number of benzene rings is 1. The van der Waals surface area contributed by atoms with Crippen molar-refractivity contribution in [1.82, 2.24) is 4.31 Å². The first-order valence-electron chi connectivity index (χ1n) is 7.25. The summed E-state index contributed by atoms with van der Waals surface area (Å²) in [7, 11) is -1.58. The second kappa shape index (κ2) is 7.47. The summed E-state index contributed by atoms with van der Waals surface area (Å²) in [4.78, 5) is 0. The van der Waals surface area contributed by atoms with E-state index in [1.807, 2.05) is 24.3 Å². The fraction of sp³-hybridized carbons (Fsp3) is 0.600. The first-order chi connectivity index (χ1) is 10.1. The third-order valence-corrected chi connectivity index (χ3v) is 5.81. The quantitative estimate of drug-likeness (QED) is 0.516. The number of hydrogen-bond acceptors (Lipinski definition) is 3. The number of unbranched alkanes of at least 4 members (excludes halogenated alkanes) is 1. The molecule has 1 saturated carbocycles. The zero-order valence-corrected chi connectivity index (χ0v) is 13.9. The van der Waals surface area contributed by atoms with Gasteiger partial charge in [0.2, 0.25) is 10.0 Å². The van der Waals surface area contributed by atoms with Crippen molar-refractivity contribution in [3.8, 4) is 5.75 Å². The van der Waals surface area contributed by atoms with Crippen LogP contribution in [0.15, 0.2) is 24.3 Å². The highest BCUT2D eigenvalue weighted by atomic mass is 35.5. The van der Waals surface area contributed by atoms with Gasteiger partial charge in [-0.3, -0.25) is 0 Å². The second-order valence-corrected chi connectivity index (χ2v) is 7.76. The van der Waals surface area contributed by atoms with Crippen LogP contribution in [0.1, 0.15) is 31.2 Å². The van der Waals surface area contributed by atoms with Crippen molar-refractivity contribution in [1.29, 1.82) is 0 Å². The summed E-state index contributed by atoms with van der Waals surface area (Å²) in [5.41, 5.74) is 0.989. The van der Waals surface area contributed by atoms with E-state index in [4.69, 9.17) is 16.3 Å². The van der Waals surface area contributed by atoms with Gasteiger partial charge in [0.15, 0.2) is 0 Å². The van der Waals surface area contributed by atoms with Gasteiger partial charge in [-0.1, -0.05) is 12.1 Å². The molecule has 0 unspecified atom stereocenters. The fourth-order valence-corrected chi connectivity index (χ4v) is 4.23. The maximum atomic E-state index is 12.5. The van der Waals surface area contributed by atoms with Crippen molar-refractivity contribution in [2.24, 2.45) is 0 Å². The van der Waals surface area contributed by atoms with E-state index in [0.717, 1.165) is 30.6 Å². The maximum absolute atomic E-state index is 12.5. The SMILES string of the molecule is COc1ccc(CN(C2CC2)S(=O)(=O)CCCCCl)cc1. The molecule has 0 saturated heterocycles. The number of methoxy groups -OCH3 is 1. The lowest BCUT2D eigenvalue weighted by atomic mass is 10.2. The average molecular weight is 332 g/mol. The molecule has 0 spiro atoms. The van der Waals surface area contributed by atoms with Crippen LogP contribution in [0.25, 0.3) is 0 Å². The van der Waals surface area contributed by atoms with Crippen molar-refractivity contribution in [3.63, 3.8) is 0 Å². The molecule has 1 aliphatic rings. The molecule has 1 aromatic carbocycles. The predicted molar refractivity (Wildman–Crippen MR) is 85.3 cm³/mol. The molecule has 1 fully saturated rings. The van der Waals surface area contributed by atoms with E-state index >= 15 is 0 Å². The summed E-state index contributed by atoms with van der Waals surface area (Å²) < 4.78 is 31.7. The van der Waals surface area contributed by atoms with E-state index in [1.165, 1.54) is 0 Å². The topological polar surface area (TPSA) is 46.6 Å². The van der Waals surface area contributed by atoms with Crippen LogP contribution in [-0.4, -0.2) is 37.5 Å². The molecule has 21 heavy (non-hydrogen) atoms. The normalized spacial score (nSPS) is 15.4. The molecule has 1 aliphatic carbocycles.